The van der Waals surface area contributed by atoms with Gasteiger partial charge in [0.2, 0.25) is 0 Å². The molecule has 2 bridgehead atoms. The molecule has 0 aromatic heterocycles. The molecule has 0 aromatic rings. The monoisotopic (exact) mass is 195 g/mol. The average molecular weight is 195 g/mol. The predicted octanol–water partition coefficient (Wildman–Crippen LogP) is 1.22. The van der Waals surface area contributed by atoms with Crippen molar-refractivity contribution in [3.63, 3.8) is 0 Å². The van der Waals surface area contributed by atoms with E-state index >= 15 is 0 Å². The van der Waals surface area contributed by atoms with Crippen LogP contribution in [0.25, 0.3) is 0 Å². The Hall–Kier alpha value is -0.570. The van der Waals surface area contributed by atoms with E-state index in [2.05, 4.69) is 0 Å². The quantitative estimate of drug-likeness (QED) is 0.661. The highest BCUT2D eigenvalue weighted by Gasteiger charge is 2.62. The summed E-state index contributed by atoms with van der Waals surface area (Å²) >= 11 is 0. The molecule has 0 spiro atoms. The van der Waals surface area contributed by atoms with Gasteiger partial charge in [-0.25, -0.2) is 0 Å². The van der Waals surface area contributed by atoms with Crippen molar-refractivity contribution in [1.82, 2.24) is 0 Å². The number of rotatable bonds is 1. The number of hydrogen-bond acceptors (Lipinski definition) is 2. The van der Waals surface area contributed by atoms with E-state index in [0.29, 0.717) is 11.8 Å². The Morgan fingerprint density at radius 1 is 1.36 bits per heavy atom. The van der Waals surface area contributed by atoms with Crippen molar-refractivity contribution >= 4 is 5.97 Å². The molecule has 0 aromatic carbocycles. The van der Waals surface area contributed by atoms with E-state index in [1.165, 1.54) is 19.3 Å². The lowest BCUT2D eigenvalue weighted by Gasteiger charge is -2.36. The molecule has 3 aliphatic carbocycles. The van der Waals surface area contributed by atoms with Gasteiger partial charge >= 0.3 is 5.97 Å². The molecule has 14 heavy (non-hydrogen) atoms. The fraction of sp³-hybridized carbons (Fsp3) is 0.909. The first-order chi connectivity index (χ1) is 6.63. The molecule has 5 atom stereocenters. The van der Waals surface area contributed by atoms with Crippen LogP contribution in [0, 0.1) is 23.7 Å². The lowest BCUT2D eigenvalue weighted by Crippen LogP contribution is -2.55. The third kappa shape index (κ3) is 0.842. The fourth-order valence-corrected chi connectivity index (χ4v) is 4.44. The molecular formula is C11H17NO2. The maximum atomic E-state index is 11.2. The molecule has 3 rings (SSSR count). The highest BCUT2D eigenvalue weighted by molar-refractivity contribution is 5.80. The van der Waals surface area contributed by atoms with E-state index in [9.17, 15) is 9.90 Å². The van der Waals surface area contributed by atoms with E-state index in [1.54, 1.807) is 0 Å². The second-order valence-corrected chi connectivity index (χ2v) is 5.41. The van der Waals surface area contributed by atoms with Gasteiger partial charge in [-0.15, -0.1) is 0 Å². The highest BCUT2D eigenvalue weighted by atomic mass is 16.4. The van der Waals surface area contributed by atoms with Crippen molar-refractivity contribution in [2.75, 3.05) is 0 Å². The lowest BCUT2D eigenvalue weighted by molar-refractivity contribution is -0.146. The van der Waals surface area contributed by atoms with Crippen LogP contribution in [0.5, 0.6) is 0 Å². The zero-order chi connectivity index (χ0) is 9.92. The minimum absolute atomic E-state index is 0.275. The highest BCUT2D eigenvalue weighted by Crippen LogP contribution is 2.61. The minimum Gasteiger partial charge on any atom is -0.480 e. The maximum absolute atomic E-state index is 11.2. The third-order valence-corrected chi connectivity index (χ3v) is 4.96. The van der Waals surface area contributed by atoms with Gasteiger partial charge in [0.1, 0.15) is 5.54 Å². The van der Waals surface area contributed by atoms with E-state index < -0.39 is 11.5 Å². The van der Waals surface area contributed by atoms with Gasteiger partial charge in [0, 0.05) is 0 Å². The van der Waals surface area contributed by atoms with E-state index in [1.807, 2.05) is 0 Å². The first kappa shape index (κ1) is 8.72. The van der Waals surface area contributed by atoms with Gasteiger partial charge in [0.05, 0.1) is 0 Å². The standard InChI is InChI=1S/C11H17NO2/c12-11(10(13)14)5-6-4-9(11)8-3-1-2-7(6)8/h6-9H,1-5,12H2,(H,13,14)/t6-,7-,8-,9+,11-/m1/s1. The molecular weight excluding hydrogens is 178 g/mol. The number of carboxylic acid groups (broad SMARTS) is 1. The largest absolute Gasteiger partial charge is 0.480 e. The van der Waals surface area contributed by atoms with Gasteiger partial charge in [-0.2, -0.15) is 0 Å². The Bertz CT molecular complexity index is 291. The smallest absolute Gasteiger partial charge is 0.323 e. The summed E-state index contributed by atoms with van der Waals surface area (Å²) in [6.07, 6.45) is 5.64. The number of hydrogen-bond donors (Lipinski definition) is 2. The Morgan fingerprint density at radius 3 is 2.79 bits per heavy atom. The first-order valence-corrected chi connectivity index (χ1v) is 5.65. The number of carboxylic acids is 1. The molecule has 78 valence electrons. The van der Waals surface area contributed by atoms with E-state index in [-0.39, 0.29) is 5.92 Å². The Kier molecular flexibility index (Phi) is 1.56. The Labute approximate surface area is 83.7 Å². The summed E-state index contributed by atoms with van der Waals surface area (Å²) < 4.78 is 0. The van der Waals surface area contributed by atoms with Crippen molar-refractivity contribution in [2.45, 2.75) is 37.6 Å². The van der Waals surface area contributed by atoms with Gasteiger partial charge in [-0.05, 0) is 49.4 Å². The number of carbonyl (C=O) groups is 1. The Morgan fingerprint density at radius 2 is 2.07 bits per heavy atom. The molecule has 0 saturated heterocycles. The van der Waals surface area contributed by atoms with Crippen LogP contribution < -0.4 is 5.73 Å². The van der Waals surface area contributed by atoms with Crippen LogP contribution in [-0.4, -0.2) is 16.6 Å². The first-order valence-electron chi connectivity index (χ1n) is 5.65. The second kappa shape index (κ2) is 2.51. The van der Waals surface area contributed by atoms with Gasteiger partial charge < -0.3 is 10.8 Å². The molecule has 3 heteroatoms. The van der Waals surface area contributed by atoms with Crippen LogP contribution in [0.2, 0.25) is 0 Å². The number of aliphatic carboxylic acids is 1. The summed E-state index contributed by atoms with van der Waals surface area (Å²) in [7, 11) is 0. The average Bonchev–Trinajstić information content (AvgIpc) is 2.71. The molecule has 3 nitrogen and oxygen atoms in total. The number of fused-ring (bicyclic) bond motifs is 5. The zero-order valence-corrected chi connectivity index (χ0v) is 8.28. The summed E-state index contributed by atoms with van der Waals surface area (Å²) in [5.74, 6) is 1.58. The van der Waals surface area contributed by atoms with Crippen LogP contribution in [0.4, 0.5) is 0 Å². The molecule has 3 aliphatic rings. The molecule has 3 saturated carbocycles. The SMILES string of the molecule is N[C@]1(C(=O)O)C[C@H]2C[C@H]1[C@@H]1CCC[C@H]21. The molecule has 0 unspecified atom stereocenters. The lowest BCUT2D eigenvalue weighted by atomic mass is 9.71. The molecule has 3 fully saturated rings. The normalized spacial score (nSPS) is 54.9. The van der Waals surface area contributed by atoms with Crippen LogP contribution in [-0.2, 0) is 4.79 Å². The summed E-state index contributed by atoms with van der Waals surface area (Å²) in [6.45, 7) is 0. The molecule has 0 radical (unpaired) electrons. The minimum atomic E-state index is -0.879. The van der Waals surface area contributed by atoms with Gasteiger partial charge in [-0.1, -0.05) is 6.42 Å². The van der Waals surface area contributed by atoms with Crippen molar-refractivity contribution in [3.8, 4) is 0 Å². The number of nitrogens with two attached hydrogens (primary N) is 1. The summed E-state index contributed by atoms with van der Waals surface area (Å²) in [6, 6.07) is 0. The van der Waals surface area contributed by atoms with Crippen molar-refractivity contribution in [3.05, 3.63) is 0 Å². The molecule has 0 aliphatic heterocycles. The topological polar surface area (TPSA) is 63.3 Å². The van der Waals surface area contributed by atoms with Gasteiger partial charge in [0.25, 0.3) is 0 Å². The molecule has 0 amide bonds. The van der Waals surface area contributed by atoms with Crippen LogP contribution in [0.3, 0.4) is 0 Å². The Balaban J connectivity index is 1.93. The molecule has 0 heterocycles. The predicted molar refractivity (Wildman–Crippen MR) is 51.6 cm³/mol. The van der Waals surface area contributed by atoms with Gasteiger partial charge in [0.15, 0.2) is 0 Å². The van der Waals surface area contributed by atoms with Crippen molar-refractivity contribution in [2.24, 2.45) is 29.4 Å². The zero-order valence-electron chi connectivity index (χ0n) is 8.28. The van der Waals surface area contributed by atoms with Crippen LogP contribution in [0.1, 0.15) is 32.1 Å². The maximum Gasteiger partial charge on any atom is 0.323 e. The van der Waals surface area contributed by atoms with Gasteiger partial charge in [-0.3, -0.25) is 4.79 Å². The van der Waals surface area contributed by atoms with Crippen LogP contribution in [0.15, 0.2) is 0 Å². The van der Waals surface area contributed by atoms with E-state index in [4.69, 9.17) is 5.73 Å². The van der Waals surface area contributed by atoms with E-state index in [0.717, 1.165) is 18.8 Å². The third-order valence-electron chi connectivity index (χ3n) is 4.96. The molecule has 3 N–H and O–H groups in total. The van der Waals surface area contributed by atoms with Crippen LogP contribution >= 0.6 is 0 Å². The fourth-order valence-electron chi connectivity index (χ4n) is 4.44. The van der Waals surface area contributed by atoms with Crippen molar-refractivity contribution < 1.29 is 9.90 Å². The summed E-state index contributed by atoms with van der Waals surface area (Å²) in [4.78, 5) is 11.2. The van der Waals surface area contributed by atoms with Crippen molar-refractivity contribution in [1.29, 1.82) is 0 Å². The summed E-state index contributed by atoms with van der Waals surface area (Å²) in [5.41, 5.74) is 5.16. The second-order valence-electron chi connectivity index (χ2n) is 5.41. The summed E-state index contributed by atoms with van der Waals surface area (Å²) in [5, 5.41) is 9.19.